The highest BCUT2D eigenvalue weighted by atomic mass is 32.2. The Labute approximate surface area is 118 Å². The van der Waals surface area contributed by atoms with Crippen LogP contribution >= 0.6 is 24.0 Å². The Balaban J connectivity index is 3.18. The van der Waals surface area contributed by atoms with Gasteiger partial charge in [0.15, 0.2) is 5.11 Å². The van der Waals surface area contributed by atoms with Gasteiger partial charge in [-0.2, -0.15) is 11.8 Å². The number of hydrogen-bond donors (Lipinski definition) is 2. The molecule has 0 bridgehead atoms. The molecular weight excluding hydrogens is 272 g/mol. The second-order valence-corrected chi connectivity index (χ2v) is 6.82. The van der Waals surface area contributed by atoms with Crippen molar-refractivity contribution in [2.24, 2.45) is 0 Å². The Kier molecular flexibility index (Phi) is 13.1. The van der Waals surface area contributed by atoms with Gasteiger partial charge in [-0.15, -0.1) is 0 Å². The maximum Gasteiger partial charge on any atom is 0.166 e. The number of thioether (sulfide) groups is 1. The summed E-state index contributed by atoms with van der Waals surface area (Å²) in [4.78, 5) is 0. The zero-order chi connectivity index (χ0) is 12.9. The lowest BCUT2D eigenvalue weighted by molar-refractivity contribution is 0.595. The van der Waals surface area contributed by atoms with E-state index < -0.39 is 11.2 Å². The van der Waals surface area contributed by atoms with Gasteiger partial charge in [0.1, 0.15) is 5.75 Å². The minimum atomic E-state index is -0.666. The Morgan fingerprint density at radius 1 is 1.18 bits per heavy atom. The third-order valence-corrected chi connectivity index (χ3v) is 4.05. The van der Waals surface area contributed by atoms with Crippen molar-refractivity contribution in [1.82, 2.24) is 10.6 Å². The lowest BCUT2D eigenvalue weighted by Crippen LogP contribution is -2.36. The maximum absolute atomic E-state index is 10.8. The van der Waals surface area contributed by atoms with Crippen LogP contribution in [0.25, 0.3) is 0 Å². The fourth-order valence-electron chi connectivity index (χ4n) is 1.27. The van der Waals surface area contributed by atoms with Gasteiger partial charge in [0, 0.05) is 13.1 Å². The van der Waals surface area contributed by atoms with Crippen LogP contribution < -0.4 is 10.6 Å². The van der Waals surface area contributed by atoms with Crippen molar-refractivity contribution >= 4 is 40.3 Å². The predicted molar refractivity (Wildman–Crippen MR) is 84.4 cm³/mol. The van der Waals surface area contributed by atoms with Gasteiger partial charge in [-0.1, -0.05) is 11.2 Å². The Morgan fingerprint density at radius 2 is 1.76 bits per heavy atom. The van der Waals surface area contributed by atoms with Crippen LogP contribution in [0.3, 0.4) is 0 Å². The zero-order valence-electron chi connectivity index (χ0n) is 10.8. The molecular formula is C11H24N2OS3. The zero-order valence-corrected chi connectivity index (χ0v) is 13.2. The summed E-state index contributed by atoms with van der Waals surface area (Å²) < 4.78 is 10.8. The van der Waals surface area contributed by atoms with Crippen molar-refractivity contribution < 1.29 is 4.55 Å². The lowest BCUT2D eigenvalue weighted by atomic mass is 10.3. The van der Waals surface area contributed by atoms with E-state index in [4.69, 9.17) is 12.2 Å². The van der Waals surface area contributed by atoms with Crippen molar-refractivity contribution in [3.8, 4) is 0 Å². The smallest absolute Gasteiger partial charge is 0.166 e. The van der Waals surface area contributed by atoms with E-state index in [0.29, 0.717) is 0 Å². The summed E-state index contributed by atoms with van der Waals surface area (Å²) in [6.45, 7) is 1.82. The first-order valence-electron chi connectivity index (χ1n) is 5.97. The largest absolute Gasteiger partial charge is 0.617 e. The topological polar surface area (TPSA) is 47.1 Å². The van der Waals surface area contributed by atoms with Crippen molar-refractivity contribution in [2.75, 3.05) is 37.1 Å². The molecule has 102 valence electrons. The Morgan fingerprint density at radius 3 is 2.29 bits per heavy atom. The van der Waals surface area contributed by atoms with E-state index in [-0.39, 0.29) is 0 Å². The molecule has 2 N–H and O–H groups in total. The molecule has 0 rings (SSSR count). The molecule has 6 heteroatoms. The highest BCUT2D eigenvalue weighted by molar-refractivity contribution is 7.98. The average Bonchev–Trinajstić information content (AvgIpc) is 2.28. The second-order valence-electron chi connectivity index (χ2n) is 3.87. The van der Waals surface area contributed by atoms with E-state index in [2.05, 4.69) is 16.9 Å². The average molecular weight is 297 g/mol. The van der Waals surface area contributed by atoms with Crippen molar-refractivity contribution in [3.05, 3.63) is 0 Å². The normalized spacial score (nSPS) is 12.2. The van der Waals surface area contributed by atoms with Crippen LogP contribution in [0.2, 0.25) is 0 Å². The van der Waals surface area contributed by atoms with Gasteiger partial charge in [-0.25, -0.2) is 0 Å². The molecule has 0 amide bonds. The molecule has 0 aliphatic rings. The third-order valence-electron chi connectivity index (χ3n) is 2.20. The molecule has 17 heavy (non-hydrogen) atoms. The SMILES string of the molecule is CSCCCCNC(=S)NCCCC[S+](C)[O-]. The monoisotopic (exact) mass is 296 g/mol. The highest BCUT2D eigenvalue weighted by Gasteiger charge is 1.98. The molecule has 0 saturated heterocycles. The van der Waals surface area contributed by atoms with Crippen LogP contribution in [0.4, 0.5) is 0 Å². The minimum absolute atomic E-state index is 0.666. The minimum Gasteiger partial charge on any atom is -0.617 e. The van der Waals surface area contributed by atoms with E-state index in [9.17, 15) is 4.55 Å². The van der Waals surface area contributed by atoms with Crippen LogP contribution in [-0.2, 0) is 11.2 Å². The van der Waals surface area contributed by atoms with Gasteiger partial charge in [0.2, 0.25) is 0 Å². The van der Waals surface area contributed by atoms with E-state index in [1.54, 1.807) is 6.26 Å². The molecule has 0 spiro atoms. The first-order valence-corrected chi connectivity index (χ1v) is 9.50. The van der Waals surface area contributed by atoms with Gasteiger partial charge in [0.25, 0.3) is 0 Å². The molecule has 0 aromatic carbocycles. The van der Waals surface area contributed by atoms with Gasteiger partial charge in [0.05, 0.1) is 6.26 Å². The molecule has 1 atom stereocenters. The number of thiocarbonyl (C=S) groups is 1. The standard InChI is InChI=1S/C11H24N2OS3/c1-16-9-5-3-7-12-11(15)13-8-4-6-10-17(2)14/h3-10H2,1-2H3,(H2,12,13,15). The van der Waals surface area contributed by atoms with E-state index in [0.717, 1.165) is 43.2 Å². The molecule has 1 unspecified atom stereocenters. The highest BCUT2D eigenvalue weighted by Crippen LogP contribution is 1.97. The molecule has 0 fully saturated rings. The molecule has 3 nitrogen and oxygen atoms in total. The van der Waals surface area contributed by atoms with Crippen molar-refractivity contribution in [1.29, 1.82) is 0 Å². The number of rotatable bonds is 10. The first kappa shape index (κ1) is 17.4. The summed E-state index contributed by atoms with van der Waals surface area (Å²) in [7, 11) is 0. The maximum atomic E-state index is 10.8. The second kappa shape index (κ2) is 12.8. The molecule has 0 saturated carbocycles. The molecule has 0 heterocycles. The van der Waals surface area contributed by atoms with Gasteiger partial charge in [-0.05, 0) is 49.9 Å². The molecule has 0 aliphatic carbocycles. The van der Waals surface area contributed by atoms with E-state index >= 15 is 0 Å². The van der Waals surface area contributed by atoms with Crippen molar-refractivity contribution in [2.45, 2.75) is 25.7 Å². The van der Waals surface area contributed by atoms with E-state index in [1.165, 1.54) is 12.2 Å². The molecule has 0 aromatic rings. The molecule has 0 radical (unpaired) electrons. The van der Waals surface area contributed by atoms with Gasteiger partial charge >= 0.3 is 0 Å². The Bertz CT molecular complexity index is 192. The Hall–Kier alpha value is 0.350. The third kappa shape index (κ3) is 14.3. The van der Waals surface area contributed by atoms with Crippen molar-refractivity contribution in [3.63, 3.8) is 0 Å². The van der Waals surface area contributed by atoms with Crippen LogP contribution in [0.1, 0.15) is 25.7 Å². The van der Waals surface area contributed by atoms with E-state index in [1.807, 2.05) is 11.8 Å². The number of nitrogens with one attached hydrogen (secondary N) is 2. The molecule has 0 aromatic heterocycles. The van der Waals surface area contributed by atoms with Gasteiger partial charge < -0.3 is 15.2 Å². The fraction of sp³-hybridized carbons (Fsp3) is 0.909. The molecule has 0 aliphatic heterocycles. The number of unbranched alkanes of at least 4 members (excludes halogenated alkanes) is 2. The van der Waals surface area contributed by atoms with Crippen LogP contribution in [0, 0.1) is 0 Å². The lowest BCUT2D eigenvalue weighted by Gasteiger charge is -2.10. The van der Waals surface area contributed by atoms with Crippen LogP contribution in [0.5, 0.6) is 0 Å². The fourth-order valence-corrected chi connectivity index (χ4v) is 2.58. The number of hydrogen-bond acceptors (Lipinski definition) is 3. The quantitative estimate of drug-likeness (QED) is 0.365. The van der Waals surface area contributed by atoms with Gasteiger partial charge in [-0.3, -0.25) is 0 Å². The van der Waals surface area contributed by atoms with Crippen LogP contribution in [0.15, 0.2) is 0 Å². The summed E-state index contributed by atoms with van der Waals surface area (Å²) in [5, 5.41) is 7.10. The summed E-state index contributed by atoms with van der Waals surface area (Å²) in [6.07, 6.45) is 8.29. The summed E-state index contributed by atoms with van der Waals surface area (Å²) >= 11 is 6.36. The van der Waals surface area contributed by atoms with Crippen LogP contribution in [-0.4, -0.2) is 46.8 Å². The first-order chi connectivity index (χ1) is 8.16. The predicted octanol–water partition coefficient (Wildman–Crippen LogP) is 1.75. The summed E-state index contributed by atoms with van der Waals surface area (Å²) in [5.41, 5.74) is 0. The summed E-state index contributed by atoms with van der Waals surface area (Å²) in [6, 6.07) is 0. The summed E-state index contributed by atoms with van der Waals surface area (Å²) in [5.74, 6) is 2.01.